The van der Waals surface area contributed by atoms with Gasteiger partial charge in [-0.25, -0.2) is 0 Å². The third-order valence-corrected chi connectivity index (χ3v) is 3.15. The molecular formula is C6H15MoO2PS2. The molecule has 6 heteroatoms. The van der Waals surface area contributed by atoms with Gasteiger partial charge in [-0.1, -0.05) is 12.2 Å². The molecule has 0 amide bonds. The quantitative estimate of drug-likeness (QED) is 0.489. The molecule has 0 spiro atoms. The van der Waals surface area contributed by atoms with Crippen molar-refractivity contribution in [3.05, 3.63) is 0 Å². The second kappa shape index (κ2) is 6.97. The van der Waals surface area contributed by atoms with E-state index in [2.05, 4.69) is 12.2 Å². The maximum Gasteiger partial charge on any atom is 0.244 e. The summed E-state index contributed by atoms with van der Waals surface area (Å²) in [5, 5.41) is 0. The zero-order valence-electron chi connectivity index (χ0n) is 7.68. The summed E-state index contributed by atoms with van der Waals surface area (Å²) in [6, 6.07) is 0. The Morgan fingerprint density at radius 1 is 1.08 bits per heavy atom. The first-order chi connectivity index (χ1) is 4.83. The third kappa shape index (κ3) is 9.69. The Hall–Kier alpha value is 1.61. The first kappa shape index (κ1) is 16.1. The number of hydrogen-bond acceptors (Lipinski definition) is 3. The molecule has 2 nitrogen and oxygen atoms in total. The van der Waals surface area contributed by atoms with Gasteiger partial charge in [0.1, 0.15) is 0 Å². The van der Waals surface area contributed by atoms with Crippen LogP contribution in [0.25, 0.3) is 0 Å². The van der Waals surface area contributed by atoms with E-state index in [9.17, 15) is 0 Å². The molecule has 0 radical (unpaired) electrons. The van der Waals surface area contributed by atoms with Gasteiger partial charge in [0.25, 0.3) is 0 Å². The second-order valence-corrected chi connectivity index (χ2v) is 7.97. The van der Waals surface area contributed by atoms with E-state index in [1.54, 1.807) is 0 Å². The standard InChI is InChI=1S/C6H15O2PS2.Mo/c1-5(2)7-9(10,11)8-6(3)4;/h5-6H,1-4H3,(H,10,11);. The van der Waals surface area contributed by atoms with Gasteiger partial charge >= 0.3 is 0 Å². The first-order valence-corrected chi connectivity index (χ1v) is 7.32. The Morgan fingerprint density at radius 3 is 1.50 bits per heavy atom. The van der Waals surface area contributed by atoms with Crippen LogP contribution >= 0.6 is 17.9 Å². The average Bonchev–Trinajstić information content (AvgIpc) is 1.53. The van der Waals surface area contributed by atoms with Crippen LogP contribution in [0.5, 0.6) is 0 Å². The average molecular weight is 310 g/mol. The summed E-state index contributed by atoms with van der Waals surface area (Å²) in [7, 11) is 0. The molecule has 0 aliphatic heterocycles. The first-order valence-electron chi connectivity index (χ1n) is 3.53. The van der Waals surface area contributed by atoms with Crippen LogP contribution in [0.2, 0.25) is 0 Å². The zero-order chi connectivity index (χ0) is 9.07. The van der Waals surface area contributed by atoms with Crippen molar-refractivity contribution >= 4 is 29.7 Å². The minimum absolute atomic E-state index is 0. The van der Waals surface area contributed by atoms with Crippen molar-refractivity contribution in [1.82, 2.24) is 0 Å². The fourth-order valence-corrected chi connectivity index (χ4v) is 3.84. The Labute approximate surface area is 99.4 Å². The van der Waals surface area contributed by atoms with E-state index >= 15 is 0 Å². The van der Waals surface area contributed by atoms with Crippen LogP contribution < -0.4 is 0 Å². The van der Waals surface area contributed by atoms with Gasteiger partial charge in [0, 0.05) is 21.1 Å². The van der Waals surface area contributed by atoms with Crippen molar-refractivity contribution in [1.29, 1.82) is 0 Å². The molecule has 0 aliphatic rings. The van der Waals surface area contributed by atoms with E-state index < -0.39 is 5.69 Å². The van der Waals surface area contributed by atoms with Gasteiger partial charge in [0.15, 0.2) is 0 Å². The Kier molecular flexibility index (Phi) is 9.33. The van der Waals surface area contributed by atoms with Crippen molar-refractivity contribution in [2.75, 3.05) is 0 Å². The van der Waals surface area contributed by atoms with Gasteiger partial charge < -0.3 is 9.05 Å². The molecule has 0 aliphatic carbocycles. The van der Waals surface area contributed by atoms with Gasteiger partial charge in [0.05, 0.1) is 12.2 Å². The van der Waals surface area contributed by atoms with Crippen molar-refractivity contribution in [2.45, 2.75) is 39.9 Å². The van der Waals surface area contributed by atoms with Gasteiger partial charge in [0.2, 0.25) is 5.69 Å². The second-order valence-electron chi connectivity index (χ2n) is 2.78. The molecular weight excluding hydrogens is 295 g/mol. The smallest absolute Gasteiger partial charge is 0.244 e. The number of rotatable bonds is 4. The number of hydrogen-bond donors (Lipinski definition) is 1. The summed E-state index contributed by atoms with van der Waals surface area (Å²) in [4.78, 5) is 0. The van der Waals surface area contributed by atoms with E-state index in [-0.39, 0.29) is 33.3 Å². The Morgan fingerprint density at radius 2 is 1.33 bits per heavy atom. The fourth-order valence-electron chi connectivity index (χ4n) is 0.558. The molecule has 0 aromatic heterocycles. The molecule has 0 atom stereocenters. The topological polar surface area (TPSA) is 18.5 Å². The van der Waals surface area contributed by atoms with E-state index in [0.29, 0.717) is 0 Å². The molecule has 0 aromatic rings. The fraction of sp³-hybridized carbons (Fsp3) is 1.00. The van der Waals surface area contributed by atoms with Crippen LogP contribution in [-0.2, 0) is 41.9 Å². The minimum atomic E-state index is -2.28. The molecule has 12 heavy (non-hydrogen) atoms. The molecule has 0 aromatic carbocycles. The molecule has 0 unspecified atom stereocenters. The van der Waals surface area contributed by atoms with Crippen molar-refractivity contribution in [2.24, 2.45) is 0 Å². The molecule has 74 valence electrons. The predicted molar refractivity (Wildman–Crippen MR) is 55.7 cm³/mol. The van der Waals surface area contributed by atoms with Crippen LogP contribution in [0.1, 0.15) is 27.7 Å². The van der Waals surface area contributed by atoms with Gasteiger partial charge in [-0.3, -0.25) is 0 Å². The van der Waals surface area contributed by atoms with E-state index in [1.807, 2.05) is 27.7 Å². The van der Waals surface area contributed by atoms with Crippen LogP contribution in [0.4, 0.5) is 0 Å². The normalized spacial score (nSPS) is 11.9. The molecule has 0 bridgehead atoms. The van der Waals surface area contributed by atoms with Gasteiger partial charge in [-0.15, -0.1) is 0 Å². The van der Waals surface area contributed by atoms with E-state index in [1.165, 1.54) is 0 Å². The third-order valence-electron chi connectivity index (χ3n) is 0.688. The summed E-state index contributed by atoms with van der Waals surface area (Å²) in [5.74, 6) is 0. The molecule has 0 rings (SSSR count). The van der Waals surface area contributed by atoms with Crippen LogP contribution in [0.3, 0.4) is 0 Å². The Balaban J connectivity index is 0. The zero-order valence-corrected chi connectivity index (χ0v) is 12.3. The summed E-state index contributed by atoms with van der Waals surface area (Å²) in [6.07, 6.45) is 0.161. The van der Waals surface area contributed by atoms with Crippen molar-refractivity contribution < 1.29 is 30.1 Å². The van der Waals surface area contributed by atoms with Gasteiger partial charge in [-0.2, -0.15) is 0 Å². The SMILES string of the molecule is CC(C)OP(=S)(S)OC(C)C.[Mo]. The van der Waals surface area contributed by atoms with E-state index in [4.69, 9.17) is 20.9 Å². The minimum Gasteiger partial charge on any atom is -0.319 e. The molecule has 0 heterocycles. The largest absolute Gasteiger partial charge is 0.319 e. The van der Waals surface area contributed by atoms with Crippen LogP contribution in [0, 0.1) is 0 Å². The van der Waals surface area contributed by atoms with E-state index in [0.717, 1.165) is 0 Å². The van der Waals surface area contributed by atoms with Gasteiger partial charge in [-0.05, 0) is 39.5 Å². The predicted octanol–water partition coefficient (Wildman–Crippen LogP) is 2.99. The monoisotopic (exact) mass is 312 g/mol. The summed E-state index contributed by atoms with van der Waals surface area (Å²) >= 11 is 9.17. The van der Waals surface area contributed by atoms with Crippen molar-refractivity contribution in [3.63, 3.8) is 0 Å². The maximum atomic E-state index is 5.32. The summed E-state index contributed by atoms with van der Waals surface area (Å²) in [6.45, 7) is 7.67. The molecule has 0 saturated heterocycles. The molecule has 0 fully saturated rings. The molecule has 0 N–H and O–H groups in total. The summed E-state index contributed by atoms with van der Waals surface area (Å²) < 4.78 is 10.6. The van der Waals surface area contributed by atoms with Crippen molar-refractivity contribution in [3.8, 4) is 0 Å². The Bertz CT molecular complexity index is 150. The summed E-state index contributed by atoms with van der Waals surface area (Å²) in [5.41, 5.74) is -2.28. The van der Waals surface area contributed by atoms with Crippen LogP contribution in [0.15, 0.2) is 0 Å². The number of thiol groups is 1. The maximum absolute atomic E-state index is 5.32. The van der Waals surface area contributed by atoms with Crippen LogP contribution in [-0.4, -0.2) is 12.2 Å². The molecule has 0 saturated carbocycles.